The first-order valence-electron chi connectivity index (χ1n) is 2.63. The minimum absolute atomic E-state index is 0.493. The molecule has 0 spiro atoms. The van der Waals surface area contributed by atoms with Gasteiger partial charge >= 0.3 is 5.97 Å². The van der Waals surface area contributed by atoms with Crippen molar-refractivity contribution < 1.29 is 9.90 Å². The fourth-order valence-corrected chi connectivity index (χ4v) is 1.96. The molecule has 1 rings (SSSR count). The molecule has 1 atom stereocenters. The topological polar surface area (TPSA) is 40.5 Å². The normalized spacial score (nSPS) is 24.8. The van der Waals surface area contributed by atoms with Gasteiger partial charge < -0.3 is 10.0 Å². The van der Waals surface area contributed by atoms with E-state index in [1.54, 1.807) is 18.1 Å². The van der Waals surface area contributed by atoms with Gasteiger partial charge in [-0.2, -0.15) is 0 Å². The summed E-state index contributed by atoms with van der Waals surface area (Å²) in [7, 11) is 1.72. The molecule has 1 aliphatic heterocycles. The highest BCUT2D eigenvalue weighted by atomic mass is 32.2. The summed E-state index contributed by atoms with van der Waals surface area (Å²) in [5.41, 5.74) is 0. The van der Waals surface area contributed by atoms with E-state index in [2.05, 4.69) is 12.6 Å². The Hall–Kier alpha value is -0.290. The van der Waals surface area contributed by atoms with Crippen molar-refractivity contribution in [1.82, 2.24) is 4.90 Å². The standard InChI is InChI=1S/C5H7NO2S2/c1-6-2-3(9)10-4(6)5(7)8/h2,4,9H,1H3,(H,7,8). The van der Waals surface area contributed by atoms with Crippen LogP contribution in [0, 0.1) is 0 Å². The van der Waals surface area contributed by atoms with Crippen molar-refractivity contribution >= 4 is 30.4 Å². The molecule has 1 unspecified atom stereocenters. The molecule has 0 radical (unpaired) electrons. The summed E-state index contributed by atoms with van der Waals surface area (Å²) in [5, 5.41) is 8.08. The fraction of sp³-hybridized carbons (Fsp3) is 0.400. The van der Waals surface area contributed by atoms with E-state index in [-0.39, 0.29) is 0 Å². The molecular weight excluding hydrogens is 170 g/mol. The SMILES string of the molecule is CN1C=C(S)SC1C(=O)O. The van der Waals surface area contributed by atoms with Crippen LogP contribution in [0.15, 0.2) is 10.4 Å². The first kappa shape index (κ1) is 7.81. The molecule has 3 nitrogen and oxygen atoms in total. The highest BCUT2D eigenvalue weighted by Crippen LogP contribution is 2.33. The van der Waals surface area contributed by atoms with Gasteiger partial charge in [-0.1, -0.05) is 11.8 Å². The van der Waals surface area contributed by atoms with E-state index in [4.69, 9.17) is 5.11 Å². The van der Waals surface area contributed by atoms with Crippen LogP contribution in [0.5, 0.6) is 0 Å². The molecule has 1 N–H and O–H groups in total. The van der Waals surface area contributed by atoms with E-state index in [0.717, 1.165) is 4.24 Å². The Morgan fingerprint density at radius 3 is 2.80 bits per heavy atom. The van der Waals surface area contributed by atoms with Crippen LogP contribution in [0.25, 0.3) is 0 Å². The van der Waals surface area contributed by atoms with Gasteiger partial charge in [0, 0.05) is 13.2 Å². The van der Waals surface area contributed by atoms with Crippen LogP contribution in [0.3, 0.4) is 0 Å². The van der Waals surface area contributed by atoms with E-state index in [0.29, 0.717) is 0 Å². The molecule has 0 saturated carbocycles. The van der Waals surface area contributed by atoms with Crippen LogP contribution in [0.4, 0.5) is 0 Å². The third-order valence-electron chi connectivity index (χ3n) is 1.13. The Bertz CT molecular complexity index is 192. The lowest BCUT2D eigenvalue weighted by atomic mass is 10.6. The van der Waals surface area contributed by atoms with Crippen LogP contribution >= 0.6 is 24.4 Å². The molecular formula is C5H7NO2S2. The lowest BCUT2D eigenvalue weighted by molar-refractivity contribution is -0.138. The molecule has 0 aliphatic carbocycles. The average molecular weight is 177 g/mol. The van der Waals surface area contributed by atoms with Gasteiger partial charge in [-0.05, 0) is 0 Å². The molecule has 5 heteroatoms. The second-order valence-electron chi connectivity index (χ2n) is 1.94. The van der Waals surface area contributed by atoms with E-state index in [1.807, 2.05) is 0 Å². The predicted molar refractivity (Wildman–Crippen MR) is 43.8 cm³/mol. The van der Waals surface area contributed by atoms with Gasteiger partial charge in [-0.15, -0.1) is 12.6 Å². The Balaban J connectivity index is 2.63. The zero-order valence-corrected chi connectivity index (χ0v) is 7.02. The number of carbonyl (C=O) groups is 1. The van der Waals surface area contributed by atoms with Crippen molar-refractivity contribution in [3.05, 3.63) is 10.4 Å². The Morgan fingerprint density at radius 1 is 2.00 bits per heavy atom. The molecule has 10 heavy (non-hydrogen) atoms. The number of carboxylic acids is 1. The first-order valence-corrected chi connectivity index (χ1v) is 3.96. The fourth-order valence-electron chi connectivity index (χ4n) is 0.694. The Labute approximate surface area is 68.5 Å². The number of rotatable bonds is 1. The second kappa shape index (κ2) is 2.75. The van der Waals surface area contributed by atoms with E-state index in [1.165, 1.54) is 11.8 Å². The summed E-state index contributed by atoms with van der Waals surface area (Å²) >= 11 is 5.26. The third-order valence-corrected chi connectivity index (χ3v) is 2.66. The number of thioether (sulfide) groups is 1. The van der Waals surface area contributed by atoms with Crippen LogP contribution in [0.1, 0.15) is 0 Å². The summed E-state index contributed by atoms with van der Waals surface area (Å²) in [6, 6.07) is 0. The summed E-state index contributed by atoms with van der Waals surface area (Å²) < 4.78 is 0.745. The molecule has 0 saturated heterocycles. The molecule has 0 bridgehead atoms. The molecule has 0 aromatic rings. The quantitative estimate of drug-likeness (QED) is 0.581. The van der Waals surface area contributed by atoms with Gasteiger partial charge in [-0.25, -0.2) is 4.79 Å². The molecule has 0 aromatic heterocycles. The number of carboxylic acid groups (broad SMARTS) is 1. The molecule has 1 heterocycles. The average Bonchev–Trinajstić information content (AvgIpc) is 2.10. The van der Waals surface area contributed by atoms with Crippen molar-refractivity contribution in [1.29, 1.82) is 0 Å². The maximum absolute atomic E-state index is 10.4. The maximum Gasteiger partial charge on any atom is 0.337 e. The van der Waals surface area contributed by atoms with Gasteiger partial charge in [0.15, 0.2) is 5.37 Å². The molecule has 1 aliphatic rings. The Kier molecular flexibility index (Phi) is 2.15. The number of thiol groups is 1. The van der Waals surface area contributed by atoms with Crippen LogP contribution in [0.2, 0.25) is 0 Å². The zero-order chi connectivity index (χ0) is 7.72. The van der Waals surface area contributed by atoms with E-state index < -0.39 is 11.3 Å². The summed E-state index contributed by atoms with van der Waals surface area (Å²) in [6.45, 7) is 0. The van der Waals surface area contributed by atoms with Crippen molar-refractivity contribution in [3.8, 4) is 0 Å². The van der Waals surface area contributed by atoms with Crippen LogP contribution < -0.4 is 0 Å². The van der Waals surface area contributed by atoms with E-state index in [9.17, 15) is 4.79 Å². The molecule has 0 amide bonds. The predicted octanol–water partition coefficient (Wildman–Crippen LogP) is 0.804. The highest BCUT2D eigenvalue weighted by Gasteiger charge is 2.27. The van der Waals surface area contributed by atoms with Gasteiger partial charge in [0.2, 0.25) is 0 Å². The summed E-state index contributed by atoms with van der Waals surface area (Å²) in [5.74, 6) is -0.826. The van der Waals surface area contributed by atoms with Crippen molar-refractivity contribution in [2.45, 2.75) is 5.37 Å². The van der Waals surface area contributed by atoms with Crippen molar-refractivity contribution in [3.63, 3.8) is 0 Å². The lowest BCUT2D eigenvalue weighted by Gasteiger charge is -2.13. The van der Waals surface area contributed by atoms with E-state index >= 15 is 0 Å². The minimum Gasteiger partial charge on any atom is -0.479 e. The smallest absolute Gasteiger partial charge is 0.337 e. The minimum atomic E-state index is -0.826. The van der Waals surface area contributed by atoms with Crippen molar-refractivity contribution in [2.24, 2.45) is 0 Å². The largest absolute Gasteiger partial charge is 0.479 e. The zero-order valence-electron chi connectivity index (χ0n) is 5.31. The number of likely N-dealkylation sites (N-methyl/N-ethyl adjacent to an activating group) is 1. The van der Waals surface area contributed by atoms with Gasteiger partial charge in [0.05, 0.1) is 4.24 Å². The van der Waals surface area contributed by atoms with Crippen LogP contribution in [-0.4, -0.2) is 28.4 Å². The van der Waals surface area contributed by atoms with Gasteiger partial charge in [-0.3, -0.25) is 0 Å². The second-order valence-corrected chi connectivity index (χ2v) is 3.85. The van der Waals surface area contributed by atoms with Crippen LogP contribution in [-0.2, 0) is 4.79 Å². The number of hydrogen-bond donors (Lipinski definition) is 2. The highest BCUT2D eigenvalue weighted by molar-refractivity contribution is 8.16. The third kappa shape index (κ3) is 1.41. The first-order chi connectivity index (χ1) is 4.61. The number of hydrogen-bond acceptors (Lipinski definition) is 4. The monoisotopic (exact) mass is 177 g/mol. The molecule has 0 fully saturated rings. The van der Waals surface area contributed by atoms with Gasteiger partial charge in [0.25, 0.3) is 0 Å². The van der Waals surface area contributed by atoms with Crippen molar-refractivity contribution in [2.75, 3.05) is 7.05 Å². The molecule has 56 valence electrons. The number of nitrogens with zero attached hydrogens (tertiary/aromatic N) is 1. The Morgan fingerprint density at radius 2 is 2.60 bits per heavy atom. The maximum atomic E-state index is 10.4. The lowest BCUT2D eigenvalue weighted by Crippen LogP contribution is -2.28. The summed E-state index contributed by atoms with van der Waals surface area (Å²) in [6.07, 6.45) is 1.70. The molecule has 0 aromatic carbocycles. The number of aliphatic carboxylic acids is 1. The van der Waals surface area contributed by atoms with Gasteiger partial charge in [0.1, 0.15) is 0 Å². The summed E-state index contributed by atoms with van der Waals surface area (Å²) in [4.78, 5) is 12.0.